The summed E-state index contributed by atoms with van der Waals surface area (Å²) >= 11 is 0. The number of hydrogen-bond donors (Lipinski definition) is 1. The summed E-state index contributed by atoms with van der Waals surface area (Å²) in [6.45, 7) is 3.02. The van der Waals surface area contributed by atoms with Crippen LogP contribution in [0, 0.1) is 10.8 Å². The topological polar surface area (TPSA) is 36.3 Å². The lowest BCUT2D eigenvalue weighted by atomic mass is 9.96. The van der Waals surface area contributed by atoms with Gasteiger partial charge >= 0.3 is 0 Å². The number of likely N-dealkylation sites (tertiary alicyclic amines) is 1. The summed E-state index contributed by atoms with van der Waals surface area (Å²) in [5, 5.41) is 7.87. The predicted octanol–water partition coefficient (Wildman–Crippen LogP) is 1.63. The number of hydrogen-bond acceptors (Lipinski definition) is 2. The summed E-state index contributed by atoms with van der Waals surface area (Å²) in [4.78, 5) is 2.35. The number of nitrogens with one attached hydrogen (secondary N) is 1. The first-order valence-electron chi connectivity index (χ1n) is 5.74. The van der Waals surface area contributed by atoms with Crippen LogP contribution < -0.4 is 0 Å². The molecule has 1 saturated carbocycles. The van der Waals surface area contributed by atoms with Gasteiger partial charge in [0.15, 0.2) is 0 Å². The molecule has 2 heterocycles. The van der Waals surface area contributed by atoms with E-state index in [2.05, 4.69) is 4.90 Å². The Morgan fingerprint density at radius 1 is 1.36 bits per heavy atom. The molecule has 0 radical (unpaired) electrons. The number of nitrogens with zero attached hydrogens (tertiary/aromatic N) is 1. The first-order valence-corrected chi connectivity index (χ1v) is 5.74. The maximum Gasteiger partial charge on any atom is 0.0961 e. The Bertz CT molecular complexity index is 258. The minimum absolute atomic E-state index is 0.550. The molecule has 1 aliphatic carbocycles. The van der Waals surface area contributed by atoms with E-state index in [1.165, 1.54) is 25.7 Å². The van der Waals surface area contributed by atoms with Gasteiger partial charge in [0, 0.05) is 32.2 Å². The van der Waals surface area contributed by atoms with Gasteiger partial charge in [-0.05, 0) is 31.1 Å². The molecule has 0 bridgehead atoms. The third-order valence-corrected chi connectivity index (χ3v) is 4.17. The van der Waals surface area contributed by atoms with Crippen molar-refractivity contribution in [2.24, 2.45) is 5.41 Å². The zero-order valence-electron chi connectivity index (χ0n) is 8.59. The molecule has 1 atom stereocenters. The first kappa shape index (κ1) is 8.72. The van der Waals surface area contributed by atoms with E-state index in [1.807, 2.05) is 0 Å². The van der Waals surface area contributed by atoms with Gasteiger partial charge in [0.2, 0.25) is 0 Å². The highest BCUT2D eigenvalue weighted by atomic mass is 16.5. The molecule has 0 aromatic rings. The highest BCUT2D eigenvalue weighted by Gasteiger charge is 2.57. The summed E-state index contributed by atoms with van der Waals surface area (Å²) < 4.78 is 5.41. The lowest BCUT2D eigenvalue weighted by Gasteiger charge is -2.27. The van der Waals surface area contributed by atoms with Crippen molar-refractivity contribution in [3.63, 3.8) is 0 Å². The van der Waals surface area contributed by atoms with Gasteiger partial charge in [-0.2, -0.15) is 0 Å². The highest BCUT2D eigenvalue weighted by Crippen LogP contribution is 2.57. The number of amidine groups is 1. The largest absolute Gasteiger partial charge is 0.381 e. The molecule has 2 saturated heterocycles. The molecule has 1 N–H and O–H groups in total. The third kappa shape index (κ3) is 1.18. The fourth-order valence-corrected chi connectivity index (χ4v) is 3.12. The fourth-order valence-electron chi connectivity index (χ4n) is 3.12. The van der Waals surface area contributed by atoms with E-state index in [0.717, 1.165) is 32.0 Å². The molecular weight excluding hydrogens is 176 g/mol. The van der Waals surface area contributed by atoms with Crippen molar-refractivity contribution in [2.75, 3.05) is 19.8 Å². The van der Waals surface area contributed by atoms with Gasteiger partial charge in [0.25, 0.3) is 0 Å². The van der Waals surface area contributed by atoms with Gasteiger partial charge in [-0.1, -0.05) is 0 Å². The lowest BCUT2D eigenvalue weighted by molar-refractivity contribution is 0.0502. The summed E-state index contributed by atoms with van der Waals surface area (Å²) in [5.74, 6) is 0.887. The van der Waals surface area contributed by atoms with E-state index in [4.69, 9.17) is 10.1 Å². The molecule has 78 valence electrons. The zero-order chi connectivity index (χ0) is 9.60. The number of rotatable bonds is 1. The molecule has 3 nitrogen and oxygen atoms in total. The molecule has 3 aliphatic rings. The monoisotopic (exact) mass is 194 g/mol. The Morgan fingerprint density at radius 2 is 2.14 bits per heavy atom. The third-order valence-electron chi connectivity index (χ3n) is 4.17. The molecule has 3 rings (SSSR count). The summed E-state index contributed by atoms with van der Waals surface area (Å²) in [6.07, 6.45) is 5.96. The second-order valence-electron chi connectivity index (χ2n) is 4.94. The Labute approximate surface area is 84.9 Å². The van der Waals surface area contributed by atoms with E-state index < -0.39 is 0 Å². The van der Waals surface area contributed by atoms with E-state index in [0.29, 0.717) is 11.5 Å². The first-order chi connectivity index (χ1) is 6.82. The van der Waals surface area contributed by atoms with Gasteiger partial charge in [0.05, 0.1) is 5.84 Å². The molecule has 0 aromatic carbocycles. The van der Waals surface area contributed by atoms with Crippen LogP contribution in [0.5, 0.6) is 0 Å². The second-order valence-corrected chi connectivity index (χ2v) is 4.94. The summed E-state index contributed by atoms with van der Waals surface area (Å²) in [6, 6.07) is 0.696. The average molecular weight is 194 g/mol. The minimum Gasteiger partial charge on any atom is -0.381 e. The predicted molar refractivity (Wildman–Crippen MR) is 54.6 cm³/mol. The lowest BCUT2D eigenvalue weighted by Crippen LogP contribution is -2.33. The van der Waals surface area contributed by atoms with Crippen molar-refractivity contribution in [1.82, 2.24) is 4.90 Å². The quantitative estimate of drug-likeness (QED) is 0.688. The van der Waals surface area contributed by atoms with Gasteiger partial charge in [-0.3, -0.25) is 5.41 Å². The van der Waals surface area contributed by atoms with Gasteiger partial charge < -0.3 is 9.64 Å². The van der Waals surface area contributed by atoms with Crippen LogP contribution in [0.1, 0.15) is 32.1 Å². The van der Waals surface area contributed by atoms with Gasteiger partial charge in [-0.15, -0.1) is 0 Å². The Hall–Kier alpha value is -0.570. The fraction of sp³-hybridized carbons (Fsp3) is 0.909. The molecule has 1 spiro atoms. The van der Waals surface area contributed by atoms with Crippen molar-refractivity contribution < 1.29 is 4.74 Å². The van der Waals surface area contributed by atoms with Gasteiger partial charge in [0.1, 0.15) is 0 Å². The number of ether oxygens (including phenoxy) is 1. The zero-order valence-corrected chi connectivity index (χ0v) is 8.59. The van der Waals surface area contributed by atoms with Crippen molar-refractivity contribution >= 4 is 5.84 Å². The van der Waals surface area contributed by atoms with Crippen molar-refractivity contribution in [3.8, 4) is 0 Å². The Balaban J connectivity index is 1.68. The molecule has 0 aromatic heterocycles. The van der Waals surface area contributed by atoms with Crippen LogP contribution in [0.4, 0.5) is 0 Å². The molecule has 3 heteroatoms. The van der Waals surface area contributed by atoms with Crippen LogP contribution >= 0.6 is 0 Å². The van der Waals surface area contributed by atoms with Crippen LogP contribution in [0.3, 0.4) is 0 Å². The Kier molecular flexibility index (Phi) is 1.84. The molecule has 3 fully saturated rings. The highest BCUT2D eigenvalue weighted by molar-refractivity contribution is 5.81. The molecular formula is C11H18N2O. The average Bonchev–Trinajstić information content (AvgIpc) is 2.70. The normalized spacial score (nSPS) is 35.3. The Morgan fingerprint density at radius 3 is 2.79 bits per heavy atom. The van der Waals surface area contributed by atoms with Crippen LogP contribution in [-0.2, 0) is 4.74 Å². The van der Waals surface area contributed by atoms with E-state index >= 15 is 0 Å². The van der Waals surface area contributed by atoms with Crippen molar-refractivity contribution in [3.05, 3.63) is 0 Å². The van der Waals surface area contributed by atoms with E-state index in [9.17, 15) is 0 Å². The van der Waals surface area contributed by atoms with Crippen LogP contribution in [0.2, 0.25) is 0 Å². The molecule has 1 unspecified atom stereocenters. The summed E-state index contributed by atoms with van der Waals surface area (Å²) in [7, 11) is 0. The minimum atomic E-state index is 0.550. The summed E-state index contributed by atoms with van der Waals surface area (Å²) in [5.41, 5.74) is 0.550. The van der Waals surface area contributed by atoms with E-state index in [1.54, 1.807) is 0 Å². The standard InChI is InChI=1S/C11H18N2O/c12-10-2-1-5-13(10)9-8-11(9)3-6-14-7-4-11/h9,12H,1-8H2. The molecule has 14 heavy (non-hydrogen) atoms. The SMILES string of the molecule is N=C1CCCN1C1CC12CCOCC2. The van der Waals surface area contributed by atoms with Crippen LogP contribution in [-0.4, -0.2) is 36.5 Å². The van der Waals surface area contributed by atoms with Crippen LogP contribution in [0.25, 0.3) is 0 Å². The maximum atomic E-state index is 7.87. The van der Waals surface area contributed by atoms with E-state index in [-0.39, 0.29) is 0 Å². The van der Waals surface area contributed by atoms with Crippen molar-refractivity contribution in [2.45, 2.75) is 38.1 Å². The smallest absolute Gasteiger partial charge is 0.0961 e. The van der Waals surface area contributed by atoms with Crippen LogP contribution in [0.15, 0.2) is 0 Å². The van der Waals surface area contributed by atoms with Crippen molar-refractivity contribution in [1.29, 1.82) is 5.41 Å². The molecule has 2 aliphatic heterocycles. The maximum absolute atomic E-state index is 7.87. The van der Waals surface area contributed by atoms with Gasteiger partial charge in [-0.25, -0.2) is 0 Å². The molecule has 0 amide bonds. The second kappa shape index (κ2) is 2.96.